The van der Waals surface area contributed by atoms with E-state index in [1.54, 1.807) is 0 Å². The first-order chi connectivity index (χ1) is 14.0. The first-order valence-electron chi connectivity index (χ1n) is 10.4. The van der Waals surface area contributed by atoms with Gasteiger partial charge in [-0.05, 0) is 55.2 Å². The maximum Gasteiger partial charge on any atom is 0.154 e. The van der Waals surface area contributed by atoms with Crippen molar-refractivity contribution in [2.45, 2.75) is 31.9 Å². The predicted octanol–water partition coefficient (Wildman–Crippen LogP) is 5.64. The van der Waals surface area contributed by atoms with E-state index in [0.29, 0.717) is 0 Å². The van der Waals surface area contributed by atoms with Crippen LogP contribution in [0.15, 0.2) is 78.4 Å². The van der Waals surface area contributed by atoms with Gasteiger partial charge in [0.05, 0.1) is 11.6 Å². The Kier molecular flexibility index (Phi) is 4.18. The number of ether oxygens (including phenoxy) is 1. The van der Waals surface area contributed by atoms with Gasteiger partial charge in [0.25, 0.3) is 0 Å². The number of rotatable bonds is 1. The second kappa shape index (κ2) is 6.64. The van der Waals surface area contributed by atoms with Crippen LogP contribution in [0, 0.1) is 0 Å². The predicted molar refractivity (Wildman–Crippen MR) is 125 cm³/mol. The third-order valence-corrected chi connectivity index (χ3v) is 6.28. The minimum atomic E-state index is -0.399. The fourth-order valence-corrected chi connectivity index (χ4v) is 5.06. The lowest BCUT2D eigenvalue weighted by atomic mass is 9.71. The quantitative estimate of drug-likeness (QED) is 0.401. The molecular weight excluding hydrogens is 353 g/mol. The highest BCUT2D eigenvalue weighted by Gasteiger charge is 2.32. The van der Waals surface area contributed by atoms with Gasteiger partial charge in [0.2, 0.25) is 0 Å². The molecule has 0 amide bonds. The molecule has 29 heavy (non-hydrogen) atoms. The number of benzene rings is 3. The summed E-state index contributed by atoms with van der Waals surface area (Å²) >= 11 is 0. The molecule has 0 N–H and O–H groups in total. The maximum absolute atomic E-state index is 6.44. The van der Waals surface area contributed by atoms with E-state index in [0.717, 1.165) is 6.42 Å². The largest absolute Gasteiger partial charge is 0.372 e. The van der Waals surface area contributed by atoms with Crippen molar-refractivity contribution in [3.63, 3.8) is 0 Å². The summed E-state index contributed by atoms with van der Waals surface area (Å²) in [7, 11) is 4.35. The van der Waals surface area contributed by atoms with Crippen LogP contribution in [-0.4, -0.2) is 21.0 Å². The van der Waals surface area contributed by atoms with E-state index in [4.69, 9.17) is 4.74 Å². The number of hydrogen-bond donors (Lipinski definition) is 0. The van der Waals surface area contributed by atoms with E-state index in [-0.39, 0.29) is 6.10 Å². The normalized spacial score (nSPS) is 22.8. The summed E-state index contributed by atoms with van der Waals surface area (Å²) in [5.74, 6) is 0. The van der Waals surface area contributed by atoms with Crippen LogP contribution >= 0.6 is 0 Å². The SMILES string of the molecule is BC1(c2ccc3c(c2)-c2ccccc2-c2ccccc2N3C)C=C(C)CC(C)O1. The molecule has 0 radical (unpaired) electrons. The van der Waals surface area contributed by atoms with Crippen LogP contribution in [0.5, 0.6) is 0 Å². The molecule has 3 aromatic carbocycles. The van der Waals surface area contributed by atoms with Gasteiger partial charge < -0.3 is 9.64 Å². The molecule has 144 valence electrons. The lowest BCUT2D eigenvalue weighted by Gasteiger charge is -2.37. The van der Waals surface area contributed by atoms with E-state index >= 15 is 0 Å². The first kappa shape index (κ1) is 18.3. The Hall–Kier alpha value is -2.78. The van der Waals surface area contributed by atoms with E-state index in [2.05, 4.69) is 106 Å². The number of nitrogens with zero attached hydrogens (tertiary/aromatic N) is 1. The summed E-state index contributed by atoms with van der Waals surface area (Å²) in [6.07, 6.45) is 3.51. The van der Waals surface area contributed by atoms with Gasteiger partial charge in [0.1, 0.15) is 0 Å². The van der Waals surface area contributed by atoms with Crippen LogP contribution in [0.25, 0.3) is 22.3 Å². The molecular formula is C26H26BNO. The van der Waals surface area contributed by atoms with E-state index in [1.165, 1.54) is 44.8 Å². The van der Waals surface area contributed by atoms with Crippen LogP contribution in [0.2, 0.25) is 0 Å². The molecule has 3 heteroatoms. The van der Waals surface area contributed by atoms with E-state index < -0.39 is 5.50 Å². The molecule has 2 unspecified atom stereocenters. The Morgan fingerprint density at radius 2 is 1.52 bits per heavy atom. The first-order valence-corrected chi connectivity index (χ1v) is 10.4. The minimum absolute atomic E-state index is 0.225. The highest BCUT2D eigenvalue weighted by Crippen LogP contribution is 2.48. The zero-order valence-electron chi connectivity index (χ0n) is 17.6. The molecule has 0 bridgehead atoms. The fraction of sp³-hybridized carbons (Fsp3) is 0.231. The van der Waals surface area contributed by atoms with Crippen molar-refractivity contribution in [3.8, 4) is 22.3 Å². The monoisotopic (exact) mass is 379 g/mol. The third-order valence-electron chi connectivity index (χ3n) is 6.28. The molecule has 0 aromatic heterocycles. The number of fused-ring (bicyclic) bond motifs is 5. The summed E-state index contributed by atoms with van der Waals surface area (Å²) in [4.78, 5) is 2.31. The molecule has 0 spiro atoms. The summed E-state index contributed by atoms with van der Waals surface area (Å²) in [6.45, 7) is 4.37. The van der Waals surface area contributed by atoms with Gasteiger partial charge in [-0.3, -0.25) is 0 Å². The van der Waals surface area contributed by atoms with Crippen molar-refractivity contribution in [1.82, 2.24) is 0 Å². The highest BCUT2D eigenvalue weighted by atomic mass is 16.5. The van der Waals surface area contributed by atoms with Crippen molar-refractivity contribution in [3.05, 3.63) is 83.9 Å². The van der Waals surface area contributed by atoms with Crippen LogP contribution in [0.4, 0.5) is 11.4 Å². The number of hydrogen-bond acceptors (Lipinski definition) is 2. The molecule has 0 saturated heterocycles. The smallest absolute Gasteiger partial charge is 0.154 e. The maximum atomic E-state index is 6.44. The Balaban J connectivity index is 1.75. The van der Waals surface area contributed by atoms with E-state index in [9.17, 15) is 0 Å². The van der Waals surface area contributed by atoms with Gasteiger partial charge in [-0.25, -0.2) is 0 Å². The molecule has 0 fully saturated rings. The Morgan fingerprint density at radius 1 is 0.897 bits per heavy atom. The third kappa shape index (κ3) is 2.92. The zero-order chi connectivity index (χ0) is 20.2. The van der Waals surface area contributed by atoms with E-state index in [1.807, 2.05) is 0 Å². The van der Waals surface area contributed by atoms with Gasteiger partial charge in [0, 0.05) is 29.5 Å². The van der Waals surface area contributed by atoms with Crippen molar-refractivity contribution in [2.24, 2.45) is 0 Å². The molecule has 2 heterocycles. The topological polar surface area (TPSA) is 12.5 Å². The Labute approximate surface area is 174 Å². The standard InChI is InChI=1S/C26H26BNO/c1-17-14-18(2)29-26(27,16-17)19-12-13-25-23(15-19)21-9-5-4-8-20(21)22-10-6-7-11-24(22)28(25)3/h4-13,15-16,18H,14,27H2,1-3H3. The van der Waals surface area contributed by atoms with Gasteiger partial charge in [-0.1, -0.05) is 60.2 Å². The summed E-state index contributed by atoms with van der Waals surface area (Å²) in [6, 6.07) is 24.2. The second-order valence-corrected chi connectivity index (χ2v) is 8.58. The highest BCUT2D eigenvalue weighted by molar-refractivity contribution is 6.16. The van der Waals surface area contributed by atoms with Gasteiger partial charge >= 0.3 is 0 Å². The molecule has 0 saturated carbocycles. The second-order valence-electron chi connectivity index (χ2n) is 8.58. The summed E-state index contributed by atoms with van der Waals surface area (Å²) in [5.41, 5.74) is 9.73. The van der Waals surface area contributed by atoms with Crippen LogP contribution in [-0.2, 0) is 10.2 Å². The van der Waals surface area contributed by atoms with Gasteiger partial charge in [-0.15, -0.1) is 0 Å². The summed E-state index contributed by atoms with van der Waals surface area (Å²) < 4.78 is 6.44. The molecule has 2 aliphatic rings. The Morgan fingerprint density at radius 3 is 2.24 bits per heavy atom. The van der Waals surface area contributed by atoms with Gasteiger partial charge in [-0.2, -0.15) is 0 Å². The van der Waals surface area contributed by atoms with Crippen LogP contribution < -0.4 is 4.90 Å². The van der Waals surface area contributed by atoms with Crippen molar-refractivity contribution in [2.75, 3.05) is 11.9 Å². The molecule has 2 aliphatic heterocycles. The number of para-hydroxylation sites is 1. The molecule has 2 nitrogen and oxygen atoms in total. The zero-order valence-corrected chi connectivity index (χ0v) is 17.6. The fourth-order valence-electron chi connectivity index (χ4n) is 5.06. The molecule has 2 atom stereocenters. The average Bonchev–Trinajstić information content (AvgIpc) is 2.81. The molecule has 5 rings (SSSR count). The van der Waals surface area contributed by atoms with Crippen molar-refractivity contribution >= 4 is 19.2 Å². The van der Waals surface area contributed by atoms with Gasteiger partial charge in [0.15, 0.2) is 7.85 Å². The van der Waals surface area contributed by atoms with Crippen LogP contribution in [0.3, 0.4) is 0 Å². The van der Waals surface area contributed by atoms with Crippen LogP contribution in [0.1, 0.15) is 25.8 Å². The average molecular weight is 379 g/mol. The summed E-state index contributed by atoms with van der Waals surface area (Å²) in [5, 5.41) is 0. The lowest BCUT2D eigenvalue weighted by molar-refractivity contribution is -0.0160. The Bertz CT molecular complexity index is 1140. The van der Waals surface area contributed by atoms with Crippen molar-refractivity contribution in [1.29, 1.82) is 0 Å². The van der Waals surface area contributed by atoms with Crippen molar-refractivity contribution < 1.29 is 4.74 Å². The number of anilines is 2. The minimum Gasteiger partial charge on any atom is -0.372 e. The molecule has 3 aromatic rings. The molecule has 0 aliphatic carbocycles. The lowest BCUT2D eigenvalue weighted by Crippen LogP contribution is -2.35.